The lowest BCUT2D eigenvalue weighted by Gasteiger charge is -2.29. The number of nitrogens with zero attached hydrogens (tertiary/aromatic N) is 1. The van der Waals surface area contributed by atoms with Gasteiger partial charge in [0.15, 0.2) is 0 Å². The van der Waals surface area contributed by atoms with Crippen LogP contribution in [0.5, 0.6) is 5.75 Å². The minimum Gasteiger partial charge on any atom is -0.497 e. The number of hydrogen-bond donors (Lipinski definition) is 0. The second-order valence-electron chi connectivity index (χ2n) is 4.80. The van der Waals surface area contributed by atoms with Gasteiger partial charge in [0.2, 0.25) is 5.91 Å². The van der Waals surface area contributed by atoms with Gasteiger partial charge in [0.05, 0.1) is 25.1 Å². The number of benzene rings is 2. The Morgan fingerprint density at radius 2 is 2.18 bits per heavy atom. The molecular weight excluding hydrogens is 325 g/mol. The molecule has 3 nitrogen and oxygen atoms in total. The van der Waals surface area contributed by atoms with E-state index in [2.05, 4.69) is 0 Å². The highest BCUT2D eigenvalue weighted by molar-refractivity contribution is 8.00. The summed E-state index contributed by atoms with van der Waals surface area (Å²) in [5.41, 5.74) is 1.04. The molecule has 0 radical (unpaired) electrons. The SMILES string of the molecule is COc1ccc2c(c1)N(Cc1c(F)cccc1Cl)C(=O)CS2. The summed E-state index contributed by atoms with van der Waals surface area (Å²) in [5.74, 6) is 0.484. The van der Waals surface area contributed by atoms with E-state index in [0.29, 0.717) is 22.1 Å². The molecule has 6 heteroatoms. The molecule has 2 aromatic carbocycles. The molecule has 1 aliphatic heterocycles. The third kappa shape index (κ3) is 2.78. The highest BCUT2D eigenvalue weighted by Crippen LogP contribution is 2.39. The average molecular weight is 338 g/mol. The molecule has 0 spiro atoms. The molecule has 0 aromatic heterocycles. The topological polar surface area (TPSA) is 29.5 Å². The first-order chi connectivity index (χ1) is 10.6. The van der Waals surface area contributed by atoms with E-state index in [-0.39, 0.29) is 12.5 Å². The number of amides is 1. The molecule has 0 aliphatic carbocycles. The first kappa shape index (κ1) is 15.2. The fourth-order valence-corrected chi connectivity index (χ4v) is 3.46. The van der Waals surface area contributed by atoms with Crippen LogP contribution in [0.15, 0.2) is 41.3 Å². The van der Waals surface area contributed by atoms with Crippen LogP contribution in [0.4, 0.5) is 10.1 Å². The van der Waals surface area contributed by atoms with Crippen LogP contribution in [0.3, 0.4) is 0 Å². The Labute approximate surface area is 137 Å². The van der Waals surface area contributed by atoms with Crippen LogP contribution < -0.4 is 9.64 Å². The lowest BCUT2D eigenvalue weighted by molar-refractivity contribution is -0.116. The van der Waals surface area contributed by atoms with Gasteiger partial charge in [-0.05, 0) is 24.3 Å². The maximum absolute atomic E-state index is 14.0. The standard InChI is InChI=1S/C16H13ClFNO2S/c1-21-10-5-6-15-14(7-10)19(16(20)9-22-15)8-11-12(17)3-2-4-13(11)18/h2-7H,8-9H2,1H3. The normalized spacial score (nSPS) is 14.0. The summed E-state index contributed by atoms with van der Waals surface area (Å²) >= 11 is 7.54. The number of fused-ring (bicyclic) bond motifs is 1. The van der Waals surface area contributed by atoms with Gasteiger partial charge in [0.25, 0.3) is 0 Å². The Morgan fingerprint density at radius 1 is 1.36 bits per heavy atom. The first-order valence-electron chi connectivity index (χ1n) is 6.64. The summed E-state index contributed by atoms with van der Waals surface area (Å²) in [6.07, 6.45) is 0. The number of thioether (sulfide) groups is 1. The van der Waals surface area contributed by atoms with Crippen molar-refractivity contribution in [3.63, 3.8) is 0 Å². The molecule has 3 rings (SSSR count). The van der Waals surface area contributed by atoms with Crippen molar-refractivity contribution in [3.05, 3.63) is 52.8 Å². The third-order valence-corrected chi connectivity index (χ3v) is 4.89. The zero-order chi connectivity index (χ0) is 15.7. The number of carbonyl (C=O) groups is 1. The predicted octanol–water partition coefficient (Wildman–Crippen LogP) is 4.13. The number of rotatable bonds is 3. The number of methoxy groups -OCH3 is 1. The molecule has 1 aliphatic rings. The first-order valence-corrected chi connectivity index (χ1v) is 8.00. The van der Waals surface area contributed by atoms with E-state index in [0.717, 1.165) is 10.6 Å². The molecule has 0 fully saturated rings. The van der Waals surface area contributed by atoms with Crippen LogP contribution in [-0.2, 0) is 11.3 Å². The van der Waals surface area contributed by atoms with E-state index in [1.54, 1.807) is 30.2 Å². The number of anilines is 1. The van der Waals surface area contributed by atoms with Crippen molar-refractivity contribution in [1.29, 1.82) is 0 Å². The van der Waals surface area contributed by atoms with Crippen molar-refractivity contribution >= 4 is 35.0 Å². The molecule has 114 valence electrons. The van der Waals surface area contributed by atoms with E-state index in [1.807, 2.05) is 12.1 Å². The molecule has 22 heavy (non-hydrogen) atoms. The monoisotopic (exact) mass is 337 g/mol. The fourth-order valence-electron chi connectivity index (χ4n) is 2.32. The minimum absolute atomic E-state index is 0.0786. The lowest BCUT2D eigenvalue weighted by atomic mass is 10.1. The summed E-state index contributed by atoms with van der Waals surface area (Å²) < 4.78 is 19.2. The number of halogens is 2. The van der Waals surface area contributed by atoms with Gasteiger partial charge >= 0.3 is 0 Å². The van der Waals surface area contributed by atoms with E-state index in [1.165, 1.54) is 17.8 Å². The zero-order valence-corrected chi connectivity index (χ0v) is 13.4. The Kier molecular flexibility index (Phi) is 4.27. The highest BCUT2D eigenvalue weighted by atomic mass is 35.5. The van der Waals surface area contributed by atoms with Gasteiger partial charge in [-0.15, -0.1) is 11.8 Å². The van der Waals surface area contributed by atoms with Gasteiger partial charge in [-0.25, -0.2) is 4.39 Å². The molecule has 0 N–H and O–H groups in total. The maximum Gasteiger partial charge on any atom is 0.237 e. The molecule has 0 atom stereocenters. The smallest absolute Gasteiger partial charge is 0.237 e. The van der Waals surface area contributed by atoms with Crippen LogP contribution in [0.2, 0.25) is 5.02 Å². The Balaban J connectivity index is 2.02. The predicted molar refractivity (Wildman–Crippen MR) is 86.3 cm³/mol. The van der Waals surface area contributed by atoms with Crippen molar-refractivity contribution in [3.8, 4) is 5.75 Å². The number of ether oxygens (including phenoxy) is 1. The lowest BCUT2D eigenvalue weighted by Crippen LogP contribution is -2.35. The number of carbonyl (C=O) groups excluding carboxylic acids is 1. The molecule has 2 aromatic rings. The summed E-state index contributed by atoms with van der Waals surface area (Å²) in [5, 5.41) is 0.315. The van der Waals surface area contributed by atoms with Gasteiger partial charge in [-0.3, -0.25) is 4.79 Å². The molecule has 1 amide bonds. The van der Waals surface area contributed by atoms with Crippen molar-refractivity contribution in [2.45, 2.75) is 11.4 Å². The van der Waals surface area contributed by atoms with Gasteiger partial charge < -0.3 is 9.64 Å². The summed E-state index contributed by atoms with van der Waals surface area (Å²) in [4.78, 5) is 14.8. The summed E-state index contributed by atoms with van der Waals surface area (Å²) in [6.45, 7) is 0.102. The molecule has 1 heterocycles. The van der Waals surface area contributed by atoms with E-state index >= 15 is 0 Å². The third-order valence-electron chi connectivity index (χ3n) is 3.49. The van der Waals surface area contributed by atoms with Gasteiger partial charge in [-0.1, -0.05) is 17.7 Å². The fraction of sp³-hybridized carbons (Fsp3) is 0.188. The van der Waals surface area contributed by atoms with Crippen LogP contribution in [0, 0.1) is 5.82 Å². The van der Waals surface area contributed by atoms with Crippen LogP contribution in [0.1, 0.15) is 5.56 Å². The second kappa shape index (κ2) is 6.18. The summed E-state index contributed by atoms with van der Waals surface area (Å²) in [7, 11) is 1.57. The van der Waals surface area contributed by atoms with Crippen molar-refractivity contribution in [1.82, 2.24) is 0 Å². The largest absolute Gasteiger partial charge is 0.497 e. The zero-order valence-electron chi connectivity index (χ0n) is 11.8. The van der Waals surface area contributed by atoms with Crippen LogP contribution in [0.25, 0.3) is 0 Å². The van der Waals surface area contributed by atoms with Gasteiger partial charge in [0.1, 0.15) is 11.6 Å². The Morgan fingerprint density at radius 3 is 2.91 bits per heavy atom. The quantitative estimate of drug-likeness (QED) is 0.843. The maximum atomic E-state index is 14.0. The molecular formula is C16H13ClFNO2S. The van der Waals surface area contributed by atoms with E-state index < -0.39 is 5.82 Å². The molecule has 0 unspecified atom stereocenters. The Hall–Kier alpha value is -1.72. The summed E-state index contributed by atoms with van der Waals surface area (Å²) in [6, 6.07) is 10.0. The van der Waals surface area contributed by atoms with Gasteiger partial charge in [-0.2, -0.15) is 0 Å². The highest BCUT2D eigenvalue weighted by Gasteiger charge is 2.26. The Bertz CT molecular complexity index is 718. The molecule has 0 bridgehead atoms. The number of hydrogen-bond acceptors (Lipinski definition) is 3. The molecule has 0 saturated carbocycles. The van der Waals surface area contributed by atoms with Crippen molar-refractivity contribution in [2.24, 2.45) is 0 Å². The van der Waals surface area contributed by atoms with Crippen molar-refractivity contribution in [2.75, 3.05) is 17.8 Å². The minimum atomic E-state index is -0.414. The van der Waals surface area contributed by atoms with Crippen LogP contribution >= 0.6 is 23.4 Å². The van der Waals surface area contributed by atoms with Gasteiger partial charge in [0, 0.05) is 21.5 Å². The van der Waals surface area contributed by atoms with Crippen LogP contribution in [-0.4, -0.2) is 18.8 Å². The van der Waals surface area contributed by atoms with Crippen molar-refractivity contribution < 1.29 is 13.9 Å². The van der Waals surface area contributed by atoms with E-state index in [4.69, 9.17) is 16.3 Å². The average Bonchev–Trinajstić information content (AvgIpc) is 2.52. The molecule has 0 saturated heterocycles. The second-order valence-corrected chi connectivity index (χ2v) is 6.23. The van der Waals surface area contributed by atoms with E-state index in [9.17, 15) is 9.18 Å².